The Kier molecular flexibility index (Phi) is 4.83. The molecule has 1 aliphatic carbocycles. The van der Waals surface area contributed by atoms with E-state index in [-0.39, 0.29) is 12.6 Å². The normalized spacial score (nSPS) is 23.8. The minimum Gasteiger partial charge on any atom is -0.396 e. The number of aliphatic hydroxyl groups is 1. The molecule has 0 aromatic heterocycles. The lowest BCUT2D eigenvalue weighted by Crippen LogP contribution is -2.38. The Labute approximate surface area is 121 Å². The van der Waals surface area contributed by atoms with Crippen molar-refractivity contribution in [3.8, 4) is 0 Å². The first-order valence-corrected chi connectivity index (χ1v) is 8.61. The van der Waals surface area contributed by atoms with Crippen molar-refractivity contribution in [2.45, 2.75) is 50.5 Å². The molecule has 0 aliphatic heterocycles. The molecule has 1 aliphatic rings. The van der Waals surface area contributed by atoms with Crippen molar-refractivity contribution in [1.29, 1.82) is 0 Å². The zero-order valence-electron chi connectivity index (χ0n) is 12.1. The van der Waals surface area contributed by atoms with E-state index < -0.39 is 10.0 Å². The van der Waals surface area contributed by atoms with Gasteiger partial charge in [0.25, 0.3) is 0 Å². The fourth-order valence-corrected chi connectivity index (χ4v) is 4.38. The third-order valence-corrected chi connectivity index (χ3v) is 5.72. The monoisotopic (exact) mass is 297 g/mol. The third-order valence-electron chi connectivity index (χ3n) is 4.06. The fraction of sp³-hybridized carbons (Fsp3) is 0.600. The summed E-state index contributed by atoms with van der Waals surface area (Å²) in [5.74, 6) is 0.330. The molecule has 0 unspecified atom stereocenters. The Morgan fingerprint density at radius 1 is 1.20 bits per heavy atom. The molecule has 0 bridgehead atoms. The van der Waals surface area contributed by atoms with E-state index in [1.54, 1.807) is 6.07 Å². The predicted molar refractivity (Wildman–Crippen MR) is 79.1 cm³/mol. The van der Waals surface area contributed by atoms with E-state index in [2.05, 4.69) is 4.72 Å². The number of aliphatic hydroxyl groups excluding tert-OH is 1. The number of hydrogen-bond donors (Lipinski definition) is 2. The van der Waals surface area contributed by atoms with Gasteiger partial charge in [-0.3, -0.25) is 0 Å². The van der Waals surface area contributed by atoms with E-state index in [0.717, 1.165) is 36.8 Å². The first kappa shape index (κ1) is 15.5. The summed E-state index contributed by atoms with van der Waals surface area (Å²) < 4.78 is 27.7. The SMILES string of the molecule is Cc1ccc(C)c(S(=O)(=O)NC2CCC(CO)CC2)c1. The van der Waals surface area contributed by atoms with E-state index in [0.29, 0.717) is 10.8 Å². The zero-order valence-corrected chi connectivity index (χ0v) is 12.9. The highest BCUT2D eigenvalue weighted by Gasteiger charge is 2.26. The van der Waals surface area contributed by atoms with Gasteiger partial charge in [0.15, 0.2) is 0 Å². The maximum absolute atomic E-state index is 12.5. The number of aryl methyl sites for hydroxylation is 2. The maximum Gasteiger partial charge on any atom is 0.241 e. The Morgan fingerprint density at radius 3 is 2.45 bits per heavy atom. The van der Waals surface area contributed by atoms with E-state index in [1.165, 1.54) is 0 Å². The van der Waals surface area contributed by atoms with Crippen LogP contribution in [0.3, 0.4) is 0 Å². The number of sulfonamides is 1. The molecular weight excluding hydrogens is 274 g/mol. The quantitative estimate of drug-likeness (QED) is 0.894. The molecule has 0 radical (unpaired) electrons. The van der Waals surface area contributed by atoms with Crippen LogP contribution in [0.25, 0.3) is 0 Å². The summed E-state index contributed by atoms with van der Waals surface area (Å²) in [6.45, 7) is 3.91. The van der Waals surface area contributed by atoms with Gasteiger partial charge in [0.2, 0.25) is 10.0 Å². The van der Waals surface area contributed by atoms with Crippen LogP contribution in [0.1, 0.15) is 36.8 Å². The first-order chi connectivity index (χ1) is 9.42. The van der Waals surface area contributed by atoms with E-state index in [4.69, 9.17) is 5.11 Å². The number of nitrogens with one attached hydrogen (secondary N) is 1. The molecule has 1 saturated carbocycles. The van der Waals surface area contributed by atoms with E-state index >= 15 is 0 Å². The Bertz CT molecular complexity index is 560. The number of hydrogen-bond acceptors (Lipinski definition) is 3. The van der Waals surface area contributed by atoms with Crippen LogP contribution in [0, 0.1) is 19.8 Å². The highest BCUT2D eigenvalue weighted by atomic mass is 32.2. The van der Waals surface area contributed by atoms with Crippen LogP contribution in [-0.2, 0) is 10.0 Å². The molecule has 1 aromatic carbocycles. The van der Waals surface area contributed by atoms with Crippen molar-refractivity contribution in [3.63, 3.8) is 0 Å². The van der Waals surface area contributed by atoms with E-state index in [1.807, 2.05) is 26.0 Å². The maximum atomic E-state index is 12.5. The van der Waals surface area contributed by atoms with Gasteiger partial charge in [0.05, 0.1) is 4.90 Å². The lowest BCUT2D eigenvalue weighted by atomic mass is 9.87. The second-order valence-electron chi connectivity index (χ2n) is 5.79. The van der Waals surface area contributed by atoms with Crippen LogP contribution < -0.4 is 4.72 Å². The first-order valence-electron chi connectivity index (χ1n) is 7.13. The van der Waals surface area contributed by atoms with Crippen LogP contribution >= 0.6 is 0 Å². The summed E-state index contributed by atoms with van der Waals surface area (Å²) in [6, 6.07) is 5.47. The van der Waals surface area contributed by atoms with Crippen LogP contribution in [0.15, 0.2) is 23.1 Å². The molecule has 0 saturated heterocycles. The average molecular weight is 297 g/mol. The van der Waals surface area contributed by atoms with Gasteiger partial charge >= 0.3 is 0 Å². The van der Waals surface area contributed by atoms with Crippen LogP contribution in [0.5, 0.6) is 0 Å². The molecule has 0 amide bonds. The molecule has 4 nitrogen and oxygen atoms in total. The zero-order chi connectivity index (χ0) is 14.8. The molecule has 5 heteroatoms. The second kappa shape index (κ2) is 6.24. The summed E-state index contributed by atoms with van der Waals surface area (Å²) in [5, 5.41) is 9.12. The highest BCUT2D eigenvalue weighted by Crippen LogP contribution is 2.25. The van der Waals surface area contributed by atoms with Gasteiger partial charge in [0, 0.05) is 12.6 Å². The Morgan fingerprint density at radius 2 is 1.85 bits per heavy atom. The average Bonchev–Trinajstić information content (AvgIpc) is 2.42. The van der Waals surface area contributed by atoms with Gasteiger partial charge in [0.1, 0.15) is 0 Å². The molecule has 0 heterocycles. The van der Waals surface area contributed by atoms with Gasteiger partial charge in [-0.05, 0) is 62.6 Å². The number of benzene rings is 1. The molecule has 0 spiro atoms. The van der Waals surface area contributed by atoms with Crippen LogP contribution in [0.4, 0.5) is 0 Å². The fourth-order valence-electron chi connectivity index (χ4n) is 2.74. The molecule has 2 rings (SSSR count). The molecule has 2 N–H and O–H groups in total. The van der Waals surface area contributed by atoms with E-state index in [9.17, 15) is 8.42 Å². The van der Waals surface area contributed by atoms with Crippen molar-refractivity contribution in [2.24, 2.45) is 5.92 Å². The lowest BCUT2D eigenvalue weighted by molar-refractivity contribution is 0.180. The summed E-state index contributed by atoms with van der Waals surface area (Å²) in [5.41, 5.74) is 1.71. The molecule has 1 fully saturated rings. The summed E-state index contributed by atoms with van der Waals surface area (Å²) in [7, 11) is -3.45. The standard InChI is InChI=1S/C15H23NO3S/c1-11-3-4-12(2)15(9-11)20(18,19)16-14-7-5-13(10-17)6-8-14/h3-4,9,13-14,16-17H,5-8,10H2,1-2H3. The predicted octanol–water partition coefficient (Wildman–Crippen LogP) is 2.13. The van der Waals surface area contributed by atoms with Crippen molar-refractivity contribution < 1.29 is 13.5 Å². The summed E-state index contributed by atoms with van der Waals surface area (Å²) in [6.07, 6.45) is 3.37. The number of rotatable bonds is 4. The molecule has 20 heavy (non-hydrogen) atoms. The third kappa shape index (κ3) is 3.59. The summed E-state index contributed by atoms with van der Waals surface area (Å²) >= 11 is 0. The molecule has 0 atom stereocenters. The van der Waals surface area contributed by atoms with Crippen molar-refractivity contribution in [3.05, 3.63) is 29.3 Å². The van der Waals surface area contributed by atoms with Crippen LogP contribution in [-0.4, -0.2) is 26.2 Å². The summed E-state index contributed by atoms with van der Waals surface area (Å²) in [4.78, 5) is 0.377. The molecule has 1 aromatic rings. The molecular formula is C15H23NO3S. The van der Waals surface area contributed by atoms with Gasteiger partial charge in [-0.2, -0.15) is 0 Å². The molecule has 112 valence electrons. The van der Waals surface area contributed by atoms with Crippen LogP contribution in [0.2, 0.25) is 0 Å². The smallest absolute Gasteiger partial charge is 0.241 e. The highest BCUT2D eigenvalue weighted by molar-refractivity contribution is 7.89. The van der Waals surface area contributed by atoms with Gasteiger partial charge in [-0.1, -0.05) is 12.1 Å². The topological polar surface area (TPSA) is 66.4 Å². The minimum absolute atomic E-state index is 0.0114. The minimum atomic E-state index is -3.45. The lowest BCUT2D eigenvalue weighted by Gasteiger charge is -2.28. The largest absolute Gasteiger partial charge is 0.396 e. The Balaban J connectivity index is 2.10. The van der Waals surface area contributed by atoms with Crippen molar-refractivity contribution in [1.82, 2.24) is 4.72 Å². The Hall–Kier alpha value is -0.910. The van der Waals surface area contributed by atoms with Crippen molar-refractivity contribution in [2.75, 3.05) is 6.61 Å². The second-order valence-corrected chi connectivity index (χ2v) is 7.47. The van der Waals surface area contributed by atoms with Gasteiger partial charge < -0.3 is 5.11 Å². The van der Waals surface area contributed by atoms with Crippen molar-refractivity contribution >= 4 is 10.0 Å². The van der Waals surface area contributed by atoms with Gasteiger partial charge in [-0.15, -0.1) is 0 Å². The van der Waals surface area contributed by atoms with Gasteiger partial charge in [-0.25, -0.2) is 13.1 Å².